The highest BCUT2D eigenvalue weighted by Gasteiger charge is 2.16. The second kappa shape index (κ2) is 6.89. The number of sulfonamides is 1. The number of nitrogens with one attached hydrogen (secondary N) is 2. The molecule has 0 saturated carbocycles. The van der Waals surface area contributed by atoms with Crippen LogP contribution in [0, 0.1) is 12.7 Å². The third-order valence-electron chi connectivity index (χ3n) is 3.11. The Hall–Kier alpha value is -2.25. The SMILES string of the molecule is CCNS(=O)(=O)c1cccc(C(=O)Nc2cc(C)ccc2F)c1. The number of amides is 1. The van der Waals surface area contributed by atoms with Crippen LogP contribution in [0.1, 0.15) is 22.8 Å². The lowest BCUT2D eigenvalue weighted by molar-refractivity contribution is 0.102. The van der Waals surface area contributed by atoms with Crippen LogP contribution in [0.15, 0.2) is 47.4 Å². The van der Waals surface area contributed by atoms with E-state index < -0.39 is 21.7 Å². The van der Waals surface area contributed by atoms with Gasteiger partial charge < -0.3 is 5.32 Å². The lowest BCUT2D eigenvalue weighted by Gasteiger charge is -2.09. The fraction of sp³-hybridized carbons (Fsp3) is 0.188. The molecule has 0 aliphatic heterocycles. The Labute approximate surface area is 134 Å². The van der Waals surface area contributed by atoms with E-state index in [0.717, 1.165) is 5.56 Å². The number of carbonyl (C=O) groups is 1. The minimum Gasteiger partial charge on any atom is -0.319 e. The number of benzene rings is 2. The van der Waals surface area contributed by atoms with Crippen molar-refractivity contribution in [3.63, 3.8) is 0 Å². The zero-order valence-electron chi connectivity index (χ0n) is 12.8. The molecule has 0 saturated heterocycles. The zero-order chi connectivity index (χ0) is 17.0. The average Bonchev–Trinajstić information content (AvgIpc) is 2.51. The van der Waals surface area contributed by atoms with Crippen molar-refractivity contribution in [3.8, 4) is 0 Å². The Bertz CT molecular complexity index is 835. The third kappa shape index (κ3) is 4.14. The van der Waals surface area contributed by atoms with Crippen molar-refractivity contribution in [2.24, 2.45) is 0 Å². The van der Waals surface area contributed by atoms with E-state index in [1.54, 1.807) is 19.9 Å². The number of aryl methyl sites for hydroxylation is 1. The molecule has 0 fully saturated rings. The number of anilines is 1. The molecule has 7 heteroatoms. The quantitative estimate of drug-likeness (QED) is 0.881. The van der Waals surface area contributed by atoms with Crippen LogP contribution >= 0.6 is 0 Å². The molecular formula is C16H17FN2O3S. The van der Waals surface area contributed by atoms with Crippen LogP contribution in [0.25, 0.3) is 0 Å². The van der Waals surface area contributed by atoms with E-state index in [1.165, 1.54) is 36.4 Å². The number of rotatable bonds is 5. The summed E-state index contributed by atoms with van der Waals surface area (Å²) in [6.45, 7) is 3.68. The first-order valence-electron chi connectivity index (χ1n) is 7.00. The third-order valence-corrected chi connectivity index (χ3v) is 4.65. The van der Waals surface area contributed by atoms with Crippen LogP contribution in [0.2, 0.25) is 0 Å². The van der Waals surface area contributed by atoms with Crippen molar-refractivity contribution in [2.75, 3.05) is 11.9 Å². The molecule has 5 nitrogen and oxygen atoms in total. The highest BCUT2D eigenvalue weighted by molar-refractivity contribution is 7.89. The van der Waals surface area contributed by atoms with Gasteiger partial charge in [-0.15, -0.1) is 0 Å². The van der Waals surface area contributed by atoms with Crippen molar-refractivity contribution in [1.82, 2.24) is 4.72 Å². The molecular weight excluding hydrogens is 319 g/mol. The first kappa shape index (κ1) is 17.1. The minimum atomic E-state index is -3.66. The van der Waals surface area contributed by atoms with Gasteiger partial charge in [-0.2, -0.15) is 0 Å². The summed E-state index contributed by atoms with van der Waals surface area (Å²) in [7, 11) is -3.66. The number of carbonyl (C=O) groups excluding carboxylic acids is 1. The molecule has 0 aliphatic rings. The first-order chi connectivity index (χ1) is 10.8. The van der Waals surface area contributed by atoms with Gasteiger partial charge in [0, 0.05) is 12.1 Å². The Morgan fingerprint density at radius 3 is 2.61 bits per heavy atom. The summed E-state index contributed by atoms with van der Waals surface area (Å²) in [6.07, 6.45) is 0. The van der Waals surface area contributed by atoms with Gasteiger partial charge in [0.1, 0.15) is 5.82 Å². The van der Waals surface area contributed by atoms with E-state index in [-0.39, 0.29) is 22.7 Å². The van der Waals surface area contributed by atoms with Gasteiger partial charge in [0.25, 0.3) is 5.91 Å². The van der Waals surface area contributed by atoms with Crippen molar-refractivity contribution in [1.29, 1.82) is 0 Å². The van der Waals surface area contributed by atoms with E-state index in [4.69, 9.17) is 0 Å². The second-order valence-corrected chi connectivity index (χ2v) is 6.73. The lowest BCUT2D eigenvalue weighted by Crippen LogP contribution is -2.23. The second-order valence-electron chi connectivity index (χ2n) is 4.97. The monoisotopic (exact) mass is 336 g/mol. The van der Waals surface area contributed by atoms with Gasteiger partial charge in [-0.1, -0.05) is 19.1 Å². The van der Waals surface area contributed by atoms with Crippen LogP contribution < -0.4 is 10.0 Å². The summed E-state index contributed by atoms with van der Waals surface area (Å²) in [5.41, 5.74) is 0.977. The standard InChI is InChI=1S/C16H17FN2O3S/c1-3-18-23(21,22)13-6-4-5-12(10-13)16(20)19-15-9-11(2)7-8-14(15)17/h4-10,18H,3H2,1-2H3,(H,19,20). The van der Waals surface area contributed by atoms with Crippen LogP contribution in [0.4, 0.5) is 10.1 Å². The smallest absolute Gasteiger partial charge is 0.255 e. The molecule has 0 radical (unpaired) electrons. The molecule has 0 bridgehead atoms. The fourth-order valence-corrected chi connectivity index (χ4v) is 3.09. The Kier molecular flexibility index (Phi) is 5.12. The summed E-state index contributed by atoms with van der Waals surface area (Å²) >= 11 is 0. The van der Waals surface area contributed by atoms with Crippen molar-refractivity contribution >= 4 is 21.6 Å². The van der Waals surface area contributed by atoms with Gasteiger partial charge in [-0.05, 0) is 42.8 Å². The van der Waals surface area contributed by atoms with E-state index in [0.29, 0.717) is 0 Å². The molecule has 0 spiro atoms. The fourth-order valence-electron chi connectivity index (χ4n) is 2.01. The van der Waals surface area contributed by atoms with Crippen LogP contribution in [-0.4, -0.2) is 20.9 Å². The minimum absolute atomic E-state index is 0.0169. The number of halogens is 1. The highest BCUT2D eigenvalue weighted by atomic mass is 32.2. The number of hydrogen-bond acceptors (Lipinski definition) is 3. The molecule has 0 aromatic heterocycles. The predicted molar refractivity (Wildman–Crippen MR) is 86.4 cm³/mol. The predicted octanol–water partition coefficient (Wildman–Crippen LogP) is 2.68. The number of hydrogen-bond donors (Lipinski definition) is 2. The summed E-state index contributed by atoms with van der Waals surface area (Å²) in [5, 5.41) is 2.45. The van der Waals surface area contributed by atoms with E-state index in [2.05, 4.69) is 10.0 Å². The van der Waals surface area contributed by atoms with Crippen LogP contribution in [0.3, 0.4) is 0 Å². The molecule has 122 valence electrons. The molecule has 0 aliphatic carbocycles. The molecule has 2 aromatic rings. The van der Waals surface area contributed by atoms with Gasteiger partial charge in [0.15, 0.2) is 0 Å². The summed E-state index contributed by atoms with van der Waals surface area (Å²) in [6, 6.07) is 9.93. The van der Waals surface area contributed by atoms with Crippen molar-refractivity contribution in [3.05, 3.63) is 59.4 Å². The van der Waals surface area contributed by atoms with E-state index in [1.807, 2.05) is 0 Å². The molecule has 0 atom stereocenters. The maximum atomic E-state index is 13.7. The van der Waals surface area contributed by atoms with Gasteiger partial charge in [-0.3, -0.25) is 4.79 Å². The van der Waals surface area contributed by atoms with Crippen LogP contribution in [-0.2, 0) is 10.0 Å². The topological polar surface area (TPSA) is 75.3 Å². The molecule has 2 rings (SSSR count). The summed E-state index contributed by atoms with van der Waals surface area (Å²) in [5.74, 6) is -1.14. The van der Waals surface area contributed by atoms with Gasteiger partial charge in [-0.25, -0.2) is 17.5 Å². The Balaban J connectivity index is 2.28. The van der Waals surface area contributed by atoms with Gasteiger partial charge in [0.05, 0.1) is 10.6 Å². The summed E-state index contributed by atoms with van der Waals surface area (Å²) < 4.78 is 40.0. The lowest BCUT2D eigenvalue weighted by atomic mass is 10.2. The molecule has 23 heavy (non-hydrogen) atoms. The maximum Gasteiger partial charge on any atom is 0.255 e. The summed E-state index contributed by atoms with van der Waals surface area (Å²) in [4.78, 5) is 12.2. The molecule has 2 N–H and O–H groups in total. The normalized spacial score (nSPS) is 11.3. The zero-order valence-corrected chi connectivity index (χ0v) is 13.6. The van der Waals surface area contributed by atoms with E-state index >= 15 is 0 Å². The molecule has 1 amide bonds. The molecule has 0 unspecified atom stereocenters. The Morgan fingerprint density at radius 1 is 1.17 bits per heavy atom. The average molecular weight is 336 g/mol. The van der Waals surface area contributed by atoms with Gasteiger partial charge in [0.2, 0.25) is 10.0 Å². The molecule has 0 heterocycles. The van der Waals surface area contributed by atoms with Crippen LogP contribution in [0.5, 0.6) is 0 Å². The maximum absolute atomic E-state index is 13.7. The first-order valence-corrected chi connectivity index (χ1v) is 8.49. The van der Waals surface area contributed by atoms with Crippen molar-refractivity contribution < 1.29 is 17.6 Å². The van der Waals surface area contributed by atoms with Gasteiger partial charge >= 0.3 is 0 Å². The van der Waals surface area contributed by atoms with Crippen molar-refractivity contribution in [2.45, 2.75) is 18.7 Å². The largest absolute Gasteiger partial charge is 0.319 e. The van der Waals surface area contributed by atoms with E-state index in [9.17, 15) is 17.6 Å². The Morgan fingerprint density at radius 2 is 1.91 bits per heavy atom. The highest BCUT2D eigenvalue weighted by Crippen LogP contribution is 2.18. The molecule has 2 aromatic carbocycles.